The summed E-state index contributed by atoms with van der Waals surface area (Å²) in [6.07, 6.45) is 2.50. The van der Waals surface area contributed by atoms with E-state index in [-0.39, 0.29) is 17.4 Å². The third kappa shape index (κ3) is 5.62. The molecule has 0 atom stereocenters. The van der Waals surface area contributed by atoms with Crippen LogP contribution in [0.4, 0.5) is 5.69 Å². The predicted molar refractivity (Wildman–Crippen MR) is 121 cm³/mol. The van der Waals surface area contributed by atoms with E-state index in [1.807, 2.05) is 44.2 Å². The normalized spacial score (nSPS) is 11.0. The monoisotopic (exact) mass is 441 g/mol. The van der Waals surface area contributed by atoms with Crippen LogP contribution in [0.25, 0.3) is 5.69 Å². The van der Waals surface area contributed by atoms with Gasteiger partial charge in [0, 0.05) is 49.8 Å². The van der Waals surface area contributed by atoms with Gasteiger partial charge in [-0.05, 0) is 44.5 Å². The third-order valence-corrected chi connectivity index (χ3v) is 5.84. The molecule has 0 spiro atoms. The van der Waals surface area contributed by atoms with Crippen molar-refractivity contribution in [1.29, 1.82) is 0 Å². The minimum Gasteiger partial charge on any atom is -0.385 e. The molecular formula is C22H27N5O3S. The van der Waals surface area contributed by atoms with Crippen LogP contribution < -0.4 is 5.32 Å². The van der Waals surface area contributed by atoms with E-state index >= 15 is 0 Å². The Morgan fingerprint density at radius 2 is 2.03 bits per heavy atom. The molecule has 8 nitrogen and oxygen atoms in total. The molecule has 3 aromatic rings. The number of anilines is 1. The van der Waals surface area contributed by atoms with Gasteiger partial charge in [0.05, 0.1) is 11.4 Å². The Balaban J connectivity index is 1.71. The van der Waals surface area contributed by atoms with Gasteiger partial charge in [-0.15, -0.1) is 10.2 Å². The first-order valence-electron chi connectivity index (χ1n) is 10.0. The average molecular weight is 442 g/mol. The Bertz CT molecular complexity index is 1070. The molecule has 0 aliphatic heterocycles. The van der Waals surface area contributed by atoms with Gasteiger partial charge in [0.15, 0.2) is 10.9 Å². The summed E-state index contributed by atoms with van der Waals surface area (Å²) < 4.78 is 9.09. The number of carbonyl (C=O) groups excluding carboxylic acids is 2. The zero-order valence-electron chi connectivity index (χ0n) is 18.2. The topological polar surface area (TPSA) is 91.0 Å². The lowest BCUT2D eigenvalue weighted by atomic mass is 10.2. The molecule has 0 aliphatic carbocycles. The van der Waals surface area contributed by atoms with E-state index in [9.17, 15) is 9.59 Å². The largest absolute Gasteiger partial charge is 0.385 e. The fraction of sp³-hybridized carbons (Fsp3) is 0.364. The van der Waals surface area contributed by atoms with Gasteiger partial charge < -0.3 is 14.6 Å². The van der Waals surface area contributed by atoms with E-state index < -0.39 is 0 Å². The van der Waals surface area contributed by atoms with Gasteiger partial charge in [0.1, 0.15) is 6.33 Å². The van der Waals surface area contributed by atoms with E-state index in [4.69, 9.17) is 4.74 Å². The molecule has 1 N–H and O–H groups in total. The van der Waals surface area contributed by atoms with Gasteiger partial charge in [-0.2, -0.15) is 0 Å². The van der Waals surface area contributed by atoms with Crippen LogP contribution in [0.5, 0.6) is 0 Å². The number of Topliss-reactive ketones (excluding diaryl/α,β-unsaturated/α-hetero) is 1. The van der Waals surface area contributed by atoms with Crippen LogP contribution in [0, 0.1) is 13.8 Å². The second-order valence-electron chi connectivity index (χ2n) is 7.21. The number of hydrogen-bond donors (Lipinski definition) is 1. The molecule has 1 amide bonds. The second kappa shape index (κ2) is 10.4. The minimum absolute atomic E-state index is 0.0534. The molecule has 0 unspecified atom stereocenters. The fourth-order valence-corrected chi connectivity index (χ4v) is 4.25. The van der Waals surface area contributed by atoms with E-state index in [2.05, 4.69) is 20.1 Å². The molecular weight excluding hydrogens is 414 g/mol. The van der Waals surface area contributed by atoms with Crippen LogP contribution >= 0.6 is 11.8 Å². The highest BCUT2D eigenvalue weighted by Gasteiger charge is 2.17. The molecule has 3 rings (SSSR count). The van der Waals surface area contributed by atoms with E-state index in [0.717, 1.165) is 35.6 Å². The van der Waals surface area contributed by atoms with Gasteiger partial charge in [-0.3, -0.25) is 14.2 Å². The first kappa shape index (κ1) is 22.8. The summed E-state index contributed by atoms with van der Waals surface area (Å²) in [6.45, 7) is 6.98. The summed E-state index contributed by atoms with van der Waals surface area (Å²) in [7, 11) is 1.69. The van der Waals surface area contributed by atoms with Crippen molar-refractivity contribution in [3.8, 4) is 5.69 Å². The summed E-state index contributed by atoms with van der Waals surface area (Å²) in [5.41, 5.74) is 4.28. The van der Waals surface area contributed by atoms with E-state index in [0.29, 0.717) is 17.5 Å². The van der Waals surface area contributed by atoms with Crippen LogP contribution in [0.3, 0.4) is 0 Å². The van der Waals surface area contributed by atoms with Crippen LogP contribution in [0.2, 0.25) is 0 Å². The first-order chi connectivity index (χ1) is 14.9. The Morgan fingerprint density at radius 1 is 1.23 bits per heavy atom. The number of aryl methyl sites for hydroxylation is 1. The van der Waals surface area contributed by atoms with Crippen molar-refractivity contribution in [1.82, 2.24) is 19.3 Å². The average Bonchev–Trinajstić information content (AvgIpc) is 3.31. The number of benzene rings is 1. The second-order valence-corrected chi connectivity index (χ2v) is 8.15. The van der Waals surface area contributed by atoms with Crippen LogP contribution in [0.1, 0.15) is 35.1 Å². The lowest BCUT2D eigenvalue weighted by Gasteiger charge is -2.10. The number of amides is 1. The SMILES string of the molecule is COCCCn1c(C)cc(C(=O)CSc2nncn2-c2cccc(NC(C)=O)c2)c1C. The lowest BCUT2D eigenvalue weighted by molar-refractivity contribution is -0.114. The van der Waals surface area contributed by atoms with Crippen molar-refractivity contribution in [2.75, 3.05) is 24.8 Å². The Labute approximate surface area is 186 Å². The summed E-state index contributed by atoms with van der Waals surface area (Å²) in [6, 6.07) is 9.35. The van der Waals surface area contributed by atoms with Crippen LogP contribution in [-0.2, 0) is 16.1 Å². The van der Waals surface area contributed by atoms with Crippen molar-refractivity contribution < 1.29 is 14.3 Å². The fourth-order valence-electron chi connectivity index (χ4n) is 3.44. The number of rotatable bonds is 10. The molecule has 164 valence electrons. The van der Waals surface area contributed by atoms with Crippen molar-refractivity contribution in [2.45, 2.75) is 38.9 Å². The molecule has 0 radical (unpaired) electrons. The number of nitrogens with zero attached hydrogens (tertiary/aromatic N) is 4. The van der Waals surface area contributed by atoms with Crippen molar-refractivity contribution in [2.24, 2.45) is 0 Å². The van der Waals surface area contributed by atoms with Crippen LogP contribution in [-0.4, -0.2) is 50.5 Å². The van der Waals surface area contributed by atoms with Gasteiger partial charge in [-0.25, -0.2) is 0 Å². The molecule has 9 heteroatoms. The molecule has 31 heavy (non-hydrogen) atoms. The molecule has 1 aromatic carbocycles. The Hall–Kier alpha value is -2.91. The first-order valence-corrected chi connectivity index (χ1v) is 11.0. The Kier molecular flexibility index (Phi) is 7.64. The van der Waals surface area contributed by atoms with E-state index in [1.54, 1.807) is 18.0 Å². The van der Waals surface area contributed by atoms with Crippen molar-refractivity contribution in [3.63, 3.8) is 0 Å². The zero-order chi connectivity index (χ0) is 22.4. The minimum atomic E-state index is -0.138. The number of thioether (sulfide) groups is 1. The summed E-state index contributed by atoms with van der Waals surface area (Å²) in [4.78, 5) is 24.2. The van der Waals surface area contributed by atoms with Crippen molar-refractivity contribution in [3.05, 3.63) is 53.6 Å². The zero-order valence-corrected chi connectivity index (χ0v) is 19.0. The summed E-state index contributed by atoms with van der Waals surface area (Å²) in [5.74, 6) is 0.172. The highest BCUT2D eigenvalue weighted by Crippen LogP contribution is 2.24. The van der Waals surface area contributed by atoms with Gasteiger partial charge in [0.2, 0.25) is 5.91 Å². The van der Waals surface area contributed by atoms with Crippen LogP contribution in [0.15, 0.2) is 41.8 Å². The third-order valence-electron chi connectivity index (χ3n) is 4.90. The maximum atomic E-state index is 12.9. The van der Waals surface area contributed by atoms with Crippen molar-refractivity contribution >= 4 is 29.1 Å². The molecule has 0 bridgehead atoms. The number of methoxy groups -OCH3 is 1. The number of ketones is 1. The maximum absolute atomic E-state index is 12.9. The quantitative estimate of drug-likeness (QED) is 0.293. The molecule has 0 saturated heterocycles. The maximum Gasteiger partial charge on any atom is 0.221 e. The van der Waals surface area contributed by atoms with E-state index in [1.165, 1.54) is 18.7 Å². The number of hydrogen-bond acceptors (Lipinski definition) is 6. The van der Waals surface area contributed by atoms with Gasteiger partial charge in [0.25, 0.3) is 0 Å². The Morgan fingerprint density at radius 3 is 2.77 bits per heavy atom. The highest BCUT2D eigenvalue weighted by atomic mass is 32.2. The molecule has 2 aromatic heterocycles. The number of ether oxygens (including phenoxy) is 1. The van der Waals surface area contributed by atoms with Gasteiger partial charge in [-0.1, -0.05) is 17.8 Å². The molecule has 2 heterocycles. The molecule has 0 aliphatic rings. The molecule has 0 saturated carbocycles. The number of carbonyl (C=O) groups is 2. The van der Waals surface area contributed by atoms with Gasteiger partial charge >= 0.3 is 0 Å². The predicted octanol–water partition coefficient (Wildman–Crippen LogP) is 3.66. The lowest BCUT2D eigenvalue weighted by Crippen LogP contribution is -2.09. The summed E-state index contributed by atoms with van der Waals surface area (Å²) in [5, 5.41) is 11.5. The number of aromatic nitrogens is 4. The number of nitrogens with one attached hydrogen (secondary N) is 1. The standard InChI is InChI=1S/C22H27N5O3S/c1-15-11-20(16(2)26(15)9-6-10-30-4)21(29)13-31-22-25-23-14-27(22)19-8-5-7-18(12-19)24-17(3)28/h5,7-8,11-12,14H,6,9-10,13H2,1-4H3,(H,24,28). The highest BCUT2D eigenvalue weighted by molar-refractivity contribution is 7.99. The molecule has 0 fully saturated rings. The summed E-state index contributed by atoms with van der Waals surface area (Å²) >= 11 is 1.34. The smallest absolute Gasteiger partial charge is 0.221 e.